The number of piperidine rings is 1. The third-order valence-corrected chi connectivity index (χ3v) is 5.02. The van der Waals surface area contributed by atoms with E-state index >= 15 is 0 Å². The quantitative estimate of drug-likeness (QED) is 0.790. The SMILES string of the molecule is COC(=O)c1ccc(S(=O)(=O)NC(C)C(=O)N2CCCCC2)o1. The van der Waals surface area contributed by atoms with Crippen LogP contribution in [0.5, 0.6) is 0 Å². The van der Waals surface area contributed by atoms with Crippen LogP contribution in [0.2, 0.25) is 0 Å². The molecule has 1 fully saturated rings. The van der Waals surface area contributed by atoms with E-state index in [1.54, 1.807) is 4.90 Å². The molecule has 1 amide bonds. The standard InChI is InChI=1S/C14H20N2O6S/c1-10(13(17)16-8-4-3-5-9-16)15-23(19,20)12-7-6-11(22-12)14(18)21-2/h6-7,10,15H,3-5,8-9H2,1-2H3. The predicted molar refractivity (Wildman–Crippen MR) is 80.3 cm³/mol. The van der Waals surface area contributed by atoms with Crippen molar-refractivity contribution in [2.24, 2.45) is 0 Å². The first-order valence-electron chi connectivity index (χ1n) is 7.34. The van der Waals surface area contributed by atoms with Gasteiger partial charge in [-0.2, -0.15) is 4.72 Å². The fourth-order valence-electron chi connectivity index (χ4n) is 2.40. The highest BCUT2D eigenvalue weighted by molar-refractivity contribution is 7.89. The number of sulfonamides is 1. The van der Waals surface area contributed by atoms with Crippen LogP contribution in [0.25, 0.3) is 0 Å². The summed E-state index contributed by atoms with van der Waals surface area (Å²) >= 11 is 0. The van der Waals surface area contributed by atoms with Crippen LogP contribution in [0.1, 0.15) is 36.7 Å². The van der Waals surface area contributed by atoms with Gasteiger partial charge in [0.1, 0.15) is 0 Å². The zero-order valence-electron chi connectivity index (χ0n) is 13.1. The highest BCUT2D eigenvalue weighted by Gasteiger charge is 2.29. The molecule has 8 nitrogen and oxygen atoms in total. The molecule has 2 rings (SSSR count). The Labute approximate surface area is 134 Å². The molecule has 0 saturated carbocycles. The van der Waals surface area contributed by atoms with E-state index in [1.807, 2.05) is 0 Å². The number of carbonyl (C=O) groups is 2. The molecule has 1 saturated heterocycles. The number of likely N-dealkylation sites (tertiary alicyclic amines) is 1. The third-order valence-electron chi connectivity index (χ3n) is 3.60. The molecular formula is C14H20N2O6S. The number of esters is 1. The number of rotatable bonds is 5. The topological polar surface area (TPSA) is 106 Å². The van der Waals surface area contributed by atoms with Gasteiger partial charge in [0.05, 0.1) is 13.2 Å². The molecule has 0 spiro atoms. The first-order valence-corrected chi connectivity index (χ1v) is 8.83. The number of ether oxygens (including phenoxy) is 1. The fourth-order valence-corrected chi connectivity index (χ4v) is 3.53. The smallest absolute Gasteiger partial charge is 0.374 e. The molecule has 1 N–H and O–H groups in total. The lowest BCUT2D eigenvalue weighted by Gasteiger charge is -2.29. The van der Waals surface area contributed by atoms with Gasteiger partial charge in [-0.25, -0.2) is 13.2 Å². The molecule has 1 aromatic rings. The lowest BCUT2D eigenvalue weighted by molar-refractivity contribution is -0.133. The molecule has 23 heavy (non-hydrogen) atoms. The van der Waals surface area contributed by atoms with E-state index < -0.39 is 27.1 Å². The van der Waals surface area contributed by atoms with Gasteiger partial charge in [-0.3, -0.25) is 4.79 Å². The zero-order chi connectivity index (χ0) is 17.0. The van der Waals surface area contributed by atoms with E-state index in [4.69, 9.17) is 4.42 Å². The monoisotopic (exact) mass is 344 g/mol. The summed E-state index contributed by atoms with van der Waals surface area (Å²) in [7, 11) is -2.87. The van der Waals surface area contributed by atoms with E-state index in [1.165, 1.54) is 13.0 Å². The Morgan fingerprint density at radius 2 is 1.91 bits per heavy atom. The van der Waals surface area contributed by atoms with E-state index in [0.29, 0.717) is 13.1 Å². The Balaban J connectivity index is 2.06. The van der Waals surface area contributed by atoms with Gasteiger partial charge < -0.3 is 14.1 Å². The highest BCUT2D eigenvalue weighted by Crippen LogP contribution is 2.16. The maximum absolute atomic E-state index is 12.3. The van der Waals surface area contributed by atoms with Crippen molar-refractivity contribution in [2.45, 2.75) is 37.3 Å². The van der Waals surface area contributed by atoms with Crippen LogP contribution in [-0.4, -0.2) is 51.4 Å². The van der Waals surface area contributed by atoms with E-state index in [2.05, 4.69) is 9.46 Å². The van der Waals surface area contributed by atoms with Crippen LogP contribution in [0.4, 0.5) is 0 Å². The Kier molecular flexibility index (Phi) is 5.42. The van der Waals surface area contributed by atoms with Crippen molar-refractivity contribution >= 4 is 21.9 Å². The molecule has 0 radical (unpaired) electrons. The van der Waals surface area contributed by atoms with Crippen molar-refractivity contribution in [3.63, 3.8) is 0 Å². The van der Waals surface area contributed by atoms with Crippen molar-refractivity contribution in [1.82, 2.24) is 9.62 Å². The predicted octanol–water partition coefficient (Wildman–Crippen LogP) is 0.745. The van der Waals surface area contributed by atoms with E-state index in [-0.39, 0.29) is 11.7 Å². The number of nitrogens with zero attached hydrogens (tertiary/aromatic N) is 1. The summed E-state index contributed by atoms with van der Waals surface area (Å²) in [6.07, 6.45) is 2.92. The summed E-state index contributed by atoms with van der Waals surface area (Å²) < 4.78 is 36.2. The molecule has 0 bridgehead atoms. The van der Waals surface area contributed by atoms with Gasteiger partial charge in [0.15, 0.2) is 0 Å². The van der Waals surface area contributed by atoms with Gasteiger partial charge in [0, 0.05) is 13.1 Å². The first kappa shape index (κ1) is 17.5. The largest absolute Gasteiger partial charge is 0.463 e. The van der Waals surface area contributed by atoms with Crippen LogP contribution in [0, 0.1) is 0 Å². The Morgan fingerprint density at radius 1 is 1.26 bits per heavy atom. The molecule has 0 aliphatic carbocycles. The van der Waals surface area contributed by atoms with Crippen molar-refractivity contribution in [3.8, 4) is 0 Å². The number of methoxy groups -OCH3 is 1. The summed E-state index contributed by atoms with van der Waals surface area (Å²) in [4.78, 5) is 25.2. The number of hydrogen-bond donors (Lipinski definition) is 1. The van der Waals surface area contributed by atoms with Crippen LogP contribution < -0.4 is 4.72 Å². The number of carbonyl (C=O) groups excluding carboxylic acids is 2. The molecule has 1 aliphatic heterocycles. The van der Waals surface area contributed by atoms with Gasteiger partial charge in [-0.1, -0.05) is 0 Å². The molecule has 9 heteroatoms. The van der Waals surface area contributed by atoms with Crippen LogP contribution in [-0.2, 0) is 19.6 Å². The highest BCUT2D eigenvalue weighted by atomic mass is 32.2. The van der Waals surface area contributed by atoms with E-state index in [0.717, 1.165) is 32.4 Å². The summed E-state index contributed by atoms with van der Waals surface area (Å²) in [5.41, 5.74) is 0. The Hall–Kier alpha value is -1.87. The van der Waals surface area contributed by atoms with Crippen molar-refractivity contribution in [1.29, 1.82) is 0 Å². The molecule has 1 aromatic heterocycles. The summed E-state index contributed by atoms with van der Waals surface area (Å²) in [5.74, 6) is -1.26. The normalized spacial score (nSPS) is 16.9. The second-order valence-corrected chi connectivity index (χ2v) is 6.98. The fraction of sp³-hybridized carbons (Fsp3) is 0.571. The van der Waals surface area contributed by atoms with Gasteiger partial charge >= 0.3 is 5.97 Å². The maximum Gasteiger partial charge on any atom is 0.374 e. The molecule has 2 heterocycles. The maximum atomic E-state index is 12.3. The van der Waals surface area contributed by atoms with Crippen molar-refractivity contribution in [2.75, 3.05) is 20.2 Å². The molecule has 0 aromatic carbocycles. The van der Waals surface area contributed by atoms with Gasteiger partial charge in [-0.05, 0) is 38.3 Å². The number of nitrogens with one attached hydrogen (secondary N) is 1. The van der Waals surface area contributed by atoms with Crippen molar-refractivity contribution < 1.29 is 27.2 Å². The minimum atomic E-state index is -4.04. The summed E-state index contributed by atoms with van der Waals surface area (Å²) in [5, 5.41) is -0.434. The average molecular weight is 344 g/mol. The van der Waals surface area contributed by atoms with Crippen LogP contribution in [0.15, 0.2) is 21.6 Å². The van der Waals surface area contributed by atoms with Crippen LogP contribution >= 0.6 is 0 Å². The minimum Gasteiger partial charge on any atom is -0.463 e. The number of amides is 1. The van der Waals surface area contributed by atoms with Crippen molar-refractivity contribution in [3.05, 3.63) is 17.9 Å². The molecule has 1 aliphatic rings. The van der Waals surface area contributed by atoms with Gasteiger partial charge in [0.25, 0.3) is 10.0 Å². The zero-order valence-corrected chi connectivity index (χ0v) is 13.9. The third kappa shape index (κ3) is 4.11. The molecule has 128 valence electrons. The van der Waals surface area contributed by atoms with Gasteiger partial charge in [-0.15, -0.1) is 0 Å². The minimum absolute atomic E-state index is 0.220. The number of hydrogen-bond acceptors (Lipinski definition) is 6. The molecule has 1 unspecified atom stereocenters. The summed E-state index contributed by atoms with van der Waals surface area (Å²) in [6, 6.07) is 1.44. The second kappa shape index (κ2) is 7.14. The van der Waals surface area contributed by atoms with Gasteiger partial charge in [0.2, 0.25) is 16.8 Å². The number of furan rings is 1. The van der Waals surface area contributed by atoms with E-state index in [9.17, 15) is 18.0 Å². The van der Waals surface area contributed by atoms with Crippen LogP contribution in [0.3, 0.4) is 0 Å². The molecule has 1 atom stereocenters. The average Bonchev–Trinajstić information content (AvgIpc) is 3.04. The Morgan fingerprint density at radius 3 is 2.52 bits per heavy atom. The second-order valence-electron chi connectivity index (χ2n) is 5.34. The molecular weight excluding hydrogens is 324 g/mol. The lowest BCUT2D eigenvalue weighted by Crippen LogP contribution is -2.48. The first-order chi connectivity index (χ1) is 10.8. The summed E-state index contributed by atoms with van der Waals surface area (Å²) in [6.45, 7) is 2.76. The lowest BCUT2D eigenvalue weighted by atomic mass is 10.1. The Bertz CT molecular complexity index is 675.